The molecule has 0 aliphatic carbocycles. The van der Waals surface area contributed by atoms with E-state index in [0.717, 1.165) is 19.2 Å². The molecule has 1 aromatic carbocycles. The normalized spacial score (nSPS) is 10.9. The van der Waals surface area contributed by atoms with Gasteiger partial charge in [0.05, 0.1) is 18.2 Å². The van der Waals surface area contributed by atoms with Gasteiger partial charge in [0, 0.05) is 10.2 Å². The van der Waals surface area contributed by atoms with Crippen LogP contribution in [0.25, 0.3) is 0 Å². The molecule has 8 heteroatoms. The van der Waals surface area contributed by atoms with Gasteiger partial charge in [-0.05, 0) is 29.5 Å². The predicted molar refractivity (Wildman–Crippen MR) is 67.0 cm³/mol. The number of carbonyl (C=O) groups excluding carboxylic acids is 1. The number of hydrogen-bond acceptors (Lipinski definition) is 4. The minimum Gasteiger partial charge on any atom is -0.465 e. The van der Waals surface area contributed by atoms with Crippen LogP contribution in [0, 0.1) is 11.3 Å². The number of nitrogens with zero attached hydrogens (tertiary/aromatic N) is 1. The van der Waals surface area contributed by atoms with Gasteiger partial charge in [0.1, 0.15) is 6.07 Å². The van der Waals surface area contributed by atoms with Crippen molar-refractivity contribution in [3.8, 4) is 6.07 Å². The number of methoxy groups -OCH3 is 1. The van der Waals surface area contributed by atoms with Crippen LogP contribution in [0.4, 0.5) is 13.2 Å². The minimum atomic E-state index is -4.50. The quantitative estimate of drug-likeness (QED) is 0.470. The maximum Gasteiger partial charge on any atom is 0.446 e. The molecule has 0 amide bonds. The van der Waals surface area contributed by atoms with Gasteiger partial charge in [-0.1, -0.05) is 15.9 Å². The lowest BCUT2D eigenvalue weighted by atomic mass is 10.1. The molecule has 1 rings (SSSR count). The van der Waals surface area contributed by atoms with Gasteiger partial charge in [0.15, 0.2) is 0 Å². The van der Waals surface area contributed by atoms with Crippen molar-refractivity contribution in [1.29, 1.82) is 5.26 Å². The maximum absolute atomic E-state index is 12.4. The van der Waals surface area contributed by atoms with Crippen LogP contribution >= 0.6 is 27.7 Å². The summed E-state index contributed by atoms with van der Waals surface area (Å²) in [6.45, 7) is 0. The number of carbonyl (C=O) groups is 1. The lowest BCUT2D eigenvalue weighted by molar-refractivity contribution is -0.0328. The number of rotatable bonds is 3. The van der Waals surface area contributed by atoms with E-state index >= 15 is 0 Å². The van der Waals surface area contributed by atoms with Crippen molar-refractivity contribution < 1.29 is 22.7 Å². The average Bonchev–Trinajstić information content (AvgIpc) is 2.35. The summed E-state index contributed by atoms with van der Waals surface area (Å²) >= 11 is 2.70. The first kappa shape index (κ1) is 15.9. The van der Waals surface area contributed by atoms with Crippen LogP contribution in [-0.4, -0.2) is 18.6 Å². The SMILES string of the molecule is COC(=O)c1cc(C#N)c(SC(F)(F)F)cc1CBr. The highest BCUT2D eigenvalue weighted by Gasteiger charge is 2.31. The highest BCUT2D eigenvalue weighted by molar-refractivity contribution is 9.08. The third kappa shape index (κ3) is 4.14. The Morgan fingerprint density at radius 3 is 2.58 bits per heavy atom. The van der Waals surface area contributed by atoms with Crippen molar-refractivity contribution in [2.75, 3.05) is 7.11 Å². The molecule has 0 saturated heterocycles. The highest BCUT2D eigenvalue weighted by Crippen LogP contribution is 2.39. The third-order valence-corrected chi connectivity index (χ3v) is 3.49. The Kier molecular flexibility index (Phi) is 5.26. The van der Waals surface area contributed by atoms with Gasteiger partial charge < -0.3 is 4.74 Å². The largest absolute Gasteiger partial charge is 0.465 e. The van der Waals surface area contributed by atoms with E-state index in [1.165, 1.54) is 0 Å². The number of esters is 1. The second-order valence-corrected chi connectivity index (χ2v) is 4.96. The Hall–Kier alpha value is -1.20. The highest BCUT2D eigenvalue weighted by atomic mass is 79.9. The summed E-state index contributed by atoms with van der Waals surface area (Å²) in [6.07, 6.45) is 0. The van der Waals surface area contributed by atoms with E-state index in [1.54, 1.807) is 6.07 Å². The Balaban J connectivity index is 3.36. The molecule has 0 radical (unpaired) electrons. The first-order valence-electron chi connectivity index (χ1n) is 4.79. The fourth-order valence-corrected chi connectivity index (χ4v) is 2.46. The number of thioether (sulfide) groups is 1. The Bertz CT molecular complexity index is 540. The standard InChI is InChI=1S/C11H7BrF3NO2S/c1-18-10(17)8-2-7(5-16)9(3-6(8)4-12)19-11(13,14)15/h2-3H,4H2,1H3. The van der Waals surface area contributed by atoms with Gasteiger partial charge >= 0.3 is 11.5 Å². The van der Waals surface area contributed by atoms with E-state index in [2.05, 4.69) is 20.7 Å². The second-order valence-electron chi connectivity index (χ2n) is 3.29. The summed E-state index contributed by atoms with van der Waals surface area (Å²) in [5.74, 6) is -0.700. The van der Waals surface area contributed by atoms with Gasteiger partial charge in [0.2, 0.25) is 0 Å². The molecule has 0 N–H and O–H groups in total. The number of nitriles is 1. The summed E-state index contributed by atoms with van der Waals surface area (Å²) in [6, 6.07) is 3.92. The van der Waals surface area contributed by atoms with Crippen LogP contribution in [0.2, 0.25) is 0 Å². The van der Waals surface area contributed by atoms with E-state index in [1.807, 2.05) is 0 Å². The van der Waals surface area contributed by atoms with Gasteiger partial charge in [-0.2, -0.15) is 18.4 Å². The first-order chi connectivity index (χ1) is 8.82. The van der Waals surface area contributed by atoms with Crippen LogP contribution < -0.4 is 0 Å². The molecule has 19 heavy (non-hydrogen) atoms. The zero-order valence-corrected chi connectivity index (χ0v) is 11.9. The number of hydrogen-bond donors (Lipinski definition) is 0. The average molecular weight is 354 g/mol. The van der Waals surface area contributed by atoms with Crippen molar-refractivity contribution in [2.24, 2.45) is 0 Å². The predicted octanol–water partition coefficient (Wildman–Crippen LogP) is 3.85. The first-order valence-corrected chi connectivity index (χ1v) is 6.73. The van der Waals surface area contributed by atoms with Crippen LogP contribution in [-0.2, 0) is 10.1 Å². The van der Waals surface area contributed by atoms with Crippen LogP contribution in [0.1, 0.15) is 21.5 Å². The van der Waals surface area contributed by atoms with Gasteiger partial charge in [-0.3, -0.25) is 0 Å². The Morgan fingerprint density at radius 1 is 1.53 bits per heavy atom. The van der Waals surface area contributed by atoms with Crippen LogP contribution in [0.5, 0.6) is 0 Å². The molecule has 0 saturated carbocycles. The van der Waals surface area contributed by atoms with Crippen molar-refractivity contribution in [3.05, 3.63) is 28.8 Å². The fourth-order valence-electron chi connectivity index (χ4n) is 1.33. The summed E-state index contributed by atoms with van der Waals surface area (Å²) in [4.78, 5) is 11.2. The van der Waals surface area contributed by atoms with Crippen molar-refractivity contribution in [1.82, 2.24) is 0 Å². The van der Waals surface area contributed by atoms with Crippen molar-refractivity contribution in [3.63, 3.8) is 0 Å². The van der Waals surface area contributed by atoms with Gasteiger partial charge in [0.25, 0.3) is 0 Å². The molecular formula is C11H7BrF3NO2S. The second kappa shape index (κ2) is 6.30. The van der Waals surface area contributed by atoms with E-state index in [-0.39, 0.29) is 33.1 Å². The molecule has 0 atom stereocenters. The monoisotopic (exact) mass is 353 g/mol. The summed E-state index contributed by atoms with van der Waals surface area (Å²) in [7, 11) is 1.16. The molecule has 3 nitrogen and oxygen atoms in total. The smallest absolute Gasteiger partial charge is 0.446 e. The van der Waals surface area contributed by atoms with Crippen LogP contribution in [0.15, 0.2) is 17.0 Å². The number of ether oxygens (including phenoxy) is 1. The number of benzene rings is 1. The van der Waals surface area contributed by atoms with Crippen molar-refractivity contribution in [2.45, 2.75) is 15.7 Å². The van der Waals surface area contributed by atoms with E-state index in [9.17, 15) is 18.0 Å². The molecular weight excluding hydrogens is 347 g/mol. The van der Waals surface area contributed by atoms with Crippen molar-refractivity contribution >= 4 is 33.7 Å². The molecule has 0 unspecified atom stereocenters. The van der Waals surface area contributed by atoms with Crippen LogP contribution in [0.3, 0.4) is 0 Å². The van der Waals surface area contributed by atoms with Gasteiger partial charge in [-0.25, -0.2) is 4.79 Å². The molecule has 0 aliphatic heterocycles. The molecule has 0 bridgehead atoms. The maximum atomic E-state index is 12.4. The number of halogens is 4. The molecule has 0 aromatic heterocycles. The zero-order chi connectivity index (χ0) is 14.6. The molecule has 1 aromatic rings. The summed E-state index contributed by atoms with van der Waals surface area (Å²) in [5, 5.41) is 9.04. The molecule has 102 valence electrons. The summed E-state index contributed by atoms with van der Waals surface area (Å²) in [5.41, 5.74) is -4.31. The Morgan fingerprint density at radius 2 is 2.16 bits per heavy atom. The Labute approximate surface area is 119 Å². The fraction of sp³-hybridized carbons (Fsp3) is 0.273. The lowest BCUT2D eigenvalue weighted by Crippen LogP contribution is -2.07. The third-order valence-electron chi connectivity index (χ3n) is 2.10. The molecule has 0 fully saturated rings. The topological polar surface area (TPSA) is 50.1 Å². The van der Waals surface area contributed by atoms with E-state index < -0.39 is 11.5 Å². The number of alkyl halides is 4. The molecule has 0 spiro atoms. The van der Waals surface area contributed by atoms with E-state index in [4.69, 9.17) is 5.26 Å². The molecule has 0 heterocycles. The molecule has 0 aliphatic rings. The summed E-state index contributed by atoms with van der Waals surface area (Å²) < 4.78 is 41.6. The van der Waals surface area contributed by atoms with Gasteiger partial charge in [-0.15, -0.1) is 0 Å². The minimum absolute atomic E-state index is 0.0717. The zero-order valence-electron chi connectivity index (χ0n) is 9.55. The lowest BCUT2D eigenvalue weighted by Gasteiger charge is -2.11. The van der Waals surface area contributed by atoms with E-state index in [0.29, 0.717) is 5.56 Å².